The highest BCUT2D eigenvalue weighted by Gasteiger charge is 2.09. The van der Waals surface area contributed by atoms with Gasteiger partial charge >= 0.3 is 0 Å². The van der Waals surface area contributed by atoms with Gasteiger partial charge < -0.3 is 5.32 Å². The standard InChI is InChI=1S/C12H11F2N3/c1-2-5-15-12-16-6-7-17(12)11-4-3-9(13)8-10(11)14/h2-4,6-8H,1,5H2,(H,15,16). The van der Waals surface area contributed by atoms with Crippen molar-refractivity contribution in [3.05, 3.63) is 54.9 Å². The highest BCUT2D eigenvalue weighted by Crippen LogP contribution is 2.18. The van der Waals surface area contributed by atoms with E-state index in [-0.39, 0.29) is 5.69 Å². The van der Waals surface area contributed by atoms with Gasteiger partial charge in [-0.2, -0.15) is 0 Å². The molecule has 5 heteroatoms. The number of aromatic nitrogens is 2. The normalized spacial score (nSPS) is 10.2. The summed E-state index contributed by atoms with van der Waals surface area (Å²) in [5.41, 5.74) is 0.246. The van der Waals surface area contributed by atoms with Crippen LogP contribution in [0.2, 0.25) is 0 Å². The first kappa shape index (κ1) is 11.3. The lowest BCUT2D eigenvalue weighted by atomic mass is 10.3. The van der Waals surface area contributed by atoms with Gasteiger partial charge in [0.25, 0.3) is 0 Å². The lowest BCUT2D eigenvalue weighted by Crippen LogP contribution is -2.06. The van der Waals surface area contributed by atoms with Gasteiger partial charge in [0.2, 0.25) is 5.95 Å². The smallest absolute Gasteiger partial charge is 0.207 e. The number of hydrogen-bond donors (Lipinski definition) is 1. The molecule has 0 aliphatic carbocycles. The maximum absolute atomic E-state index is 13.6. The number of anilines is 1. The predicted octanol–water partition coefficient (Wildman–Crippen LogP) is 2.75. The first-order valence-electron chi connectivity index (χ1n) is 5.06. The Morgan fingerprint density at radius 1 is 1.41 bits per heavy atom. The van der Waals surface area contributed by atoms with E-state index in [9.17, 15) is 8.78 Å². The molecular weight excluding hydrogens is 224 g/mol. The number of benzene rings is 1. The van der Waals surface area contributed by atoms with E-state index in [1.165, 1.54) is 22.9 Å². The number of nitrogens with zero attached hydrogens (tertiary/aromatic N) is 2. The summed E-state index contributed by atoms with van der Waals surface area (Å²) in [6.07, 6.45) is 4.80. The maximum atomic E-state index is 13.6. The molecule has 17 heavy (non-hydrogen) atoms. The van der Waals surface area contributed by atoms with Crippen LogP contribution in [0.1, 0.15) is 0 Å². The average Bonchev–Trinajstić information content (AvgIpc) is 2.74. The van der Waals surface area contributed by atoms with E-state index < -0.39 is 11.6 Å². The van der Waals surface area contributed by atoms with E-state index in [0.717, 1.165) is 6.07 Å². The monoisotopic (exact) mass is 235 g/mol. The lowest BCUT2D eigenvalue weighted by Gasteiger charge is -2.09. The van der Waals surface area contributed by atoms with Crippen LogP contribution >= 0.6 is 0 Å². The highest BCUT2D eigenvalue weighted by molar-refractivity contribution is 5.43. The van der Waals surface area contributed by atoms with Crippen molar-refractivity contribution >= 4 is 5.95 Å². The van der Waals surface area contributed by atoms with E-state index >= 15 is 0 Å². The van der Waals surface area contributed by atoms with Crippen LogP contribution in [-0.4, -0.2) is 16.1 Å². The Morgan fingerprint density at radius 3 is 2.94 bits per heavy atom. The lowest BCUT2D eigenvalue weighted by molar-refractivity contribution is 0.578. The molecule has 88 valence electrons. The maximum Gasteiger partial charge on any atom is 0.207 e. The first-order valence-corrected chi connectivity index (χ1v) is 5.06. The third-order valence-electron chi connectivity index (χ3n) is 2.21. The molecule has 0 aliphatic heterocycles. The van der Waals surface area contributed by atoms with Gasteiger partial charge in [-0.25, -0.2) is 13.8 Å². The zero-order chi connectivity index (χ0) is 12.3. The third-order valence-corrected chi connectivity index (χ3v) is 2.21. The third kappa shape index (κ3) is 2.33. The number of nitrogens with one attached hydrogen (secondary N) is 1. The second-order valence-electron chi connectivity index (χ2n) is 3.39. The molecule has 1 aromatic heterocycles. The summed E-state index contributed by atoms with van der Waals surface area (Å²) in [6, 6.07) is 3.41. The van der Waals surface area contributed by atoms with Crippen molar-refractivity contribution < 1.29 is 8.78 Å². The van der Waals surface area contributed by atoms with Gasteiger partial charge in [0, 0.05) is 25.0 Å². The molecule has 0 amide bonds. The van der Waals surface area contributed by atoms with Crippen LogP contribution in [0.25, 0.3) is 5.69 Å². The minimum absolute atomic E-state index is 0.246. The zero-order valence-corrected chi connectivity index (χ0v) is 9.03. The van der Waals surface area contributed by atoms with Crippen LogP contribution in [0.5, 0.6) is 0 Å². The average molecular weight is 235 g/mol. The quantitative estimate of drug-likeness (QED) is 0.826. The Hall–Kier alpha value is -2.17. The van der Waals surface area contributed by atoms with Gasteiger partial charge in [0.1, 0.15) is 11.6 Å². The van der Waals surface area contributed by atoms with E-state index in [2.05, 4.69) is 16.9 Å². The van der Waals surface area contributed by atoms with Gasteiger partial charge in [-0.1, -0.05) is 6.08 Å². The Morgan fingerprint density at radius 2 is 2.24 bits per heavy atom. The molecule has 0 fully saturated rings. The molecule has 0 radical (unpaired) electrons. The minimum Gasteiger partial charge on any atom is -0.352 e. The second kappa shape index (κ2) is 4.78. The minimum atomic E-state index is -0.635. The highest BCUT2D eigenvalue weighted by atomic mass is 19.1. The van der Waals surface area contributed by atoms with E-state index in [0.29, 0.717) is 12.5 Å². The van der Waals surface area contributed by atoms with Crippen molar-refractivity contribution in [2.75, 3.05) is 11.9 Å². The molecule has 0 saturated carbocycles. The zero-order valence-electron chi connectivity index (χ0n) is 9.03. The summed E-state index contributed by atoms with van der Waals surface area (Å²) < 4.78 is 27.9. The summed E-state index contributed by atoms with van der Waals surface area (Å²) in [7, 11) is 0. The van der Waals surface area contributed by atoms with Gasteiger partial charge in [0.05, 0.1) is 5.69 Å². The molecule has 0 spiro atoms. The van der Waals surface area contributed by atoms with Crippen LogP contribution in [0.3, 0.4) is 0 Å². The Kier molecular flexibility index (Phi) is 3.18. The van der Waals surface area contributed by atoms with Crippen molar-refractivity contribution in [2.45, 2.75) is 0 Å². The molecule has 3 nitrogen and oxygen atoms in total. The van der Waals surface area contributed by atoms with Gasteiger partial charge in [-0.05, 0) is 12.1 Å². The summed E-state index contributed by atoms with van der Waals surface area (Å²) >= 11 is 0. The molecule has 1 aromatic carbocycles. The van der Waals surface area contributed by atoms with E-state index in [1.54, 1.807) is 12.3 Å². The molecule has 1 heterocycles. The number of rotatable bonds is 4. The Bertz CT molecular complexity index is 534. The molecule has 1 N–H and O–H groups in total. The Labute approximate surface area is 97.4 Å². The van der Waals surface area contributed by atoms with E-state index in [4.69, 9.17) is 0 Å². The van der Waals surface area contributed by atoms with Crippen molar-refractivity contribution in [1.29, 1.82) is 0 Å². The number of hydrogen-bond acceptors (Lipinski definition) is 2. The van der Waals surface area contributed by atoms with Crippen LogP contribution in [0, 0.1) is 11.6 Å². The van der Waals surface area contributed by atoms with E-state index in [1.807, 2.05) is 0 Å². The fraction of sp³-hybridized carbons (Fsp3) is 0.0833. The fourth-order valence-corrected chi connectivity index (χ4v) is 1.47. The van der Waals surface area contributed by atoms with Crippen LogP contribution in [-0.2, 0) is 0 Å². The van der Waals surface area contributed by atoms with Crippen molar-refractivity contribution in [1.82, 2.24) is 9.55 Å². The van der Waals surface area contributed by atoms with Crippen LogP contribution in [0.4, 0.5) is 14.7 Å². The summed E-state index contributed by atoms with van der Waals surface area (Å²) in [5.74, 6) is -0.757. The number of imidazole rings is 1. The SMILES string of the molecule is C=CCNc1nccn1-c1ccc(F)cc1F. The predicted molar refractivity (Wildman–Crippen MR) is 62.2 cm³/mol. The molecule has 0 bridgehead atoms. The molecule has 0 saturated heterocycles. The van der Waals surface area contributed by atoms with Gasteiger partial charge in [0.15, 0.2) is 0 Å². The largest absolute Gasteiger partial charge is 0.352 e. The number of halogens is 2. The molecule has 0 atom stereocenters. The summed E-state index contributed by atoms with van der Waals surface area (Å²) in [5, 5.41) is 2.96. The van der Waals surface area contributed by atoms with Crippen LogP contribution in [0.15, 0.2) is 43.2 Å². The second-order valence-corrected chi connectivity index (χ2v) is 3.39. The van der Waals surface area contributed by atoms with Crippen molar-refractivity contribution in [2.24, 2.45) is 0 Å². The summed E-state index contributed by atoms with van der Waals surface area (Å²) in [4.78, 5) is 4.04. The first-order chi connectivity index (χ1) is 8.22. The van der Waals surface area contributed by atoms with Gasteiger partial charge in [-0.3, -0.25) is 4.57 Å². The molecular formula is C12H11F2N3. The Balaban J connectivity index is 2.38. The summed E-state index contributed by atoms with van der Waals surface area (Å²) in [6.45, 7) is 4.08. The topological polar surface area (TPSA) is 29.9 Å². The van der Waals surface area contributed by atoms with Crippen molar-refractivity contribution in [3.8, 4) is 5.69 Å². The molecule has 2 aromatic rings. The molecule has 0 unspecified atom stereocenters. The fourth-order valence-electron chi connectivity index (χ4n) is 1.47. The molecule has 2 rings (SSSR count). The molecule has 0 aliphatic rings. The van der Waals surface area contributed by atoms with Gasteiger partial charge in [-0.15, -0.1) is 6.58 Å². The van der Waals surface area contributed by atoms with Crippen LogP contribution < -0.4 is 5.32 Å². The van der Waals surface area contributed by atoms with Crippen molar-refractivity contribution in [3.63, 3.8) is 0 Å².